The number of aryl methyl sites for hydroxylation is 1. The summed E-state index contributed by atoms with van der Waals surface area (Å²) in [5.74, 6) is -1.58. The molecule has 1 N–H and O–H groups in total. The molecule has 0 aliphatic carbocycles. The van der Waals surface area contributed by atoms with Gasteiger partial charge in [-0.2, -0.15) is 0 Å². The smallest absolute Gasteiger partial charge is 0.159 e. The Morgan fingerprint density at radius 3 is 2.67 bits per heavy atom. The minimum absolute atomic E-state index is 0.0509. The van der Waals surface area contributed by atoms with Crippen molar-refractivity contribution in [3.8, 4) is 0 Å². The first-order chi connectivity index (χ1) is 8.74. The minimum atomic E-state index is -0.796. The highest BCUT2D eigenvalue weighted by molar-refractivity contribution is 5.54. The van der Waals surface area contributed by atoms with E-state index in [9.17, 15) is 8.78 Å². The molecule has 0 saturated carbocycles. The molecule has 0 saturated heterocycles. The molecule has 2 aromatic rings. The van der Waals surface area contributed by atoms with Crippen LogP contribution in [0, 0.1) is 11.6 Å². The Morgan fingerprint density at radius 1 is 1.00 bits per heavy atom. The van der Waals surface area contributed by atoms with Crippen LogP contribution in [0.2, 0.25) is 0 Å². The fourth-order valence-electron chi connectivity index (χ4n) is 2.42. The third-order valence-corrected chi connectivity index (χ3v) is 3.40. The number of halogens is 2. The number of fused-ring (bicyclic) bond motifs is 1. The summed E-state index contributed by atoms with van der Waals surface area (Å²) in [7, 11) is 0. The molecule has 0 spiro atoms. The average Bonchev–Trinajstić information content (AvgIpc) is 2.41. The van der Waals surface area contributed by atoms with Gasteiger partial charge >= 0.3 is 0 Å². The SMILES string of the molecule is Fc1ccc(C2CCc3ccccc3N2)cc1F. The maximum absolute atomic E-state index is 13.2. The van der Waals surface area contributed by atoms with Gasteiger partial charge in [-0.1, -0.05) is 24.3 Å². The van der Waals surface area contributed by atoms with Crippen molar-refractivity contribution in [2.75, 3.05) is 5.32 Å². The number of nitrogens with one attached hydrogen (secondary N) is 1. The lowest BCUT2D eigenvalue weighted by Crippen LogP contribution is -2.18. The lowest BCUT2D eigenvalue weighted by molar-refractivity contribution is 0.504. The standard InChI is InChI=1S/C15H13F2N/c16-12-7-5-11(9-13(12)17)15-8-6-10-3-1-2-4-14(10)18-15/h1-5,7,9,15,18H,6,8H2. The van der Waals surface area contributed by atoms with Gasteiger partial charge in [0.15, 0.2) is 11.6 Å². The highest BCUT2D eigenvalue weighted by Crippen LogP contribution is 2.32. The van der Waals surface area contributed by atoms with E-state index in [1.54, 1.807) is 6.07 Å². The van der Waals surface area contributed by atoms with Crippen LogP contribution in [0.4, 0.5) is 14.5 Å². The molecular formula is C15H13F2N. The molecule has 3 heteroatoms. The average molecular weight is 245 g/mol. The molecule has 2 aromatic carbocycles. The first-order valence-corrected chi connectivity index (χ1v) is 6.03. The van der Waals surface area contributed by atoms with E-state index < -0.39 is 11.6 Å². The summed E-state index contributed by atoms with van der Waals surface area (Å²) in [5.41, 5.74) is 3.15. The first kappa shape index (κ1) is 11.2. The molecule has 1 aliphatic rings. The van der Waals surface area contributed by atoms with Gasteiger partial charge in [-0.05, 0) is 42.2 Å². The van der Waals surface area contributed by atoms with E-state index in [4.69, 9.17) is 0 Å². The third kappa shape index (κ3) is 1.96. The molecule has 1 nitrogen and oxygen atoms in total. The molecule has 1 unspecified atom stereocenters. The zero-order valence-corrected chi connectivity index (χ0v) is 9.79. The van der Waals surface area contributed by atoms with Crippen molar-refractivity contribution < 1.29 is 8.78 Å². The van der Waals surface area contributed by atoms with Crippen LogP contribution in [0.1, 0.15) is 23.6 Å². The van der Waals surface area contributed by atoms with Gasteiger partial charge in [0.2, 0.25) is 0 Å². The fraction of sp³-hybridized carbons (Fsp3) is 0.200. The number of hydrogen-bond acceptors (Lipinski definition) is 1. The van der Waals surface area contributed by atoms with Crippen LogP contribution in [-0.2, 0) is 6.42 Å². The predicted molar refractivity (Wildman–Crippen MR) is 67.5 cm³/mol. The van der Waals surface area contributed by atoms with Crippen molar-refractivity contribution in [1.82, 2.24) is 0 Å². The summed E-state index contributed by atoms with van der Waals surface area (Å²) < 4.78 is 26.1. The second-order valence-electron chi connectivity index (χ2n) is 4.57. The van der Waals surface area contributed by atoms with Crippen LogP contribution >= 0.6 is 0 Å². The molecule has 1 heterocycles. The van der Waals surface area contributed by atoms with Crippen LogP contribution in [0.5, 0.6) is 0 Å². The summed E-state index contributed by atoms with van der Waals surface area (Å²) in [4.78, 5) is 0. The lowest BCUT2D eigenvalue weighted by atomic mass is 9.93. The number of para-hydroxylation sites is 1. The monoisotopic (exact) mass is 245 g/mol. The fourth-order valence-corrected chi connectivity index (χ4v) is 2.42. The zero-order chi connectivity index (χ0) is 12.5. The Balaban J connectivity index is 1.89. The first-order valence-electron chi connectivity index (χ1n) is 6.03. The Kier molecular flexibility index (Phi) is 2.74. The highest BCUT2D eigenvalue weighted by atomic mass is 19.2. The molecule has 1 aliphatic heterocycles. The Bertz CT molecular complexity index is 580. The molecule has 0 bridgehead atoms. The van der Waals surface area contributed by atoms with Crippen LogP contribution in [-0.4, -0.2) is 0 Å². The van der Waals surface area contributed by atoms with E-state index in [0.717, 1.165) is 24.1 Å². The normalized spacial score (nSPS) is 18.0. The van der Waals surface area contributed by atoms with Gasteiger partial charge < -0.3 is 5.32 Å². The van der Waals surface area contributed by atoms with Gasteiger partial charge in [0.25, 0.3) is 0 Å². The summed E-state index contributed by atoms with van der Waals surface area (Å²) in [6.45, 7) is 0. The summed E-state index contributed by atoms with van der Waals surface area (Å²) in [5, 5.41) is 3.37. The highest BCUT2D eigenvalue weighted by Gasteiger charge is 2.19. The van der Waals surface area contributed by atoms with Gasteiger partial charge in [-0.25, -0.2) is 8.78 Å². The second-order valence-corrected chi connectivity index (χ2v) is 4.57. The molecular weight excluding hydrogens is 232 g/mol. The van der Waals surface area contributed by atoms with E-state index in [-0.39, 0.29) is 6.04 Å². The molecule has 0 amide bonds. The van der Waals surface area contributed by atoms with Crippen molar-refractivity contribution in [1.29, 1.82) is 0 Å². The second kappa shape index (κ2) is 4.41. The van der Waals surface area contributed by atoms with E-state index in [2.05, 4.69) is 11.4 Å². The number of hydrogen-bond donors (Lipinski definition) is 1. The van der Waals surface area contributed by atoms with Crippen molar-refractivity contribution >= 4 is 5.69 Å². The Labute approximate surface area is 104 Å². The minimum Gasteiger partial charge on any atom is -0.378 e. The van der Waals surface area contributed by atoms with E-state index >= 15 is 0 Å². The van der Waals surface area contributed by atoms with Crippen molar-refractivity contribution in [2.24, 2.45) is 0 Å². The Hall–Kier alpha value is -1.90. The van der Waals surface area contributed by atoms with Gasteiger partial charge in [-0.15, -0.1) is 0 Å². The van der Waals surface area contributed by atoms with Gasteiger partial charge in [0, 0.05) is 5.69 Å². The van der Waals surface area contributed by atoms with Crippen molar-refractivity contribution in [3.63, 3.8) is 0 Å². The van der Waals surface area contributed by atoms with Crippen LogP contribution in [0.25, 0.3) is 0 Å². The topological polar surface area (TPSA) is 12.0 Å². The van der Waals surface area contributed by atoms with Crippen LogP contribution in [0.3, 0.4) is 0 Å². The van der Waals surface area contributed by atoms with Crippen LogP contribution < -0.4 is 5.32 Å². The molecule has 0 radical (unpaired) electrons. The van der Waals surface area contributed by atoms with Gasteiger partial charge in [0.1, 0.15) is 0 Å². The maximum atomic E-state index is 13.2. The van der Waals surface area contributed by atoms with Gasteiger partial charge in [0.05, 0.1) is 6.04 Å². The molecule has 0 fully saturated rings. The summed E-state index contributed by atoms with van der Waals surface area (Å²) >= 11 is 0. The molecule has 1 atom stereocenters. The summed E-state index contributed by atoms with van der Waals surface area (Å²) in [6, 6.07) is 12.2. The van der Waals surface area contributed by atoms with E-state index in [0.29, 0.717) is 0 Å². The van der Waals surface area contributed by atoms with E-state index in [1.165, 1.54) is 17.7 Å². The Morgan fingerprint density at radius 2 is 1.83 bits per heavy atom. The number of benzene rings is 2. The molecule has 3 rings (SSSR count). The van der Waals surface area contributed by atoms with Crippen molar-refractivity contribution in [3.05, 3.63) is 65.2 Å². The van der Waals surface area contributed by atoms with Gasteiger partial charge in [-0.3, -0.25) is 0 Å². The third-order valence-electron chi connectivity index (χ3n) is 3.40. The largest absolute Gasteiger partial charge is 0.378 e. The maximum Gasteiger partial charge on any atom is 0.159 e. The quantitative estimate of drug-likeness (QED) is 0.798. The molecule has 92 valence electrons. The number of anilines is 1. The number of rotatable bonds is 1. The summed E-state index contributed by atoms with van der Waals surface area (Å²) in [6.07, 6.45) is 1.84. The molecule has 0 aromatic heterocycles. The zero-order valence-electron chi connectivity index (χ0n) is 9.79. The lowest BCUT2D eigenvalue weighted by Gasteiger charge is -2.27. The predicted octanol–water partition coefficient (Wildman–Crippen LogP) is 4.06. The van der Waals surface area contributed by atoms with Crippen molar-refractivity contribution in [2.45, 2.75) is 18.9 Å². The molecule has 18 heavy (non-hydrogen) atoms. The van der Waals surface area contributed by atoms with Crippen LogP contribution in [0.15, 0.2) is 42.5 Å². The van der Waals surface area contributed by atoms with E-state index in [1.807, 2.05) is 18.2 Å².